The number of likely N-dealkylation sites (tertiary alicyclic amines) is 3. The van der Waals surface area contributed by atoms with Crippen molar-refractivity contribution in [3.8, 4) is 0 Å². The molecule has 0 aromatic carbocycles. The van der Waals surface area contributed by atoms with E-state index in [1.807, 2.05) is 26.8 Å². The molecule has 0 bridgehead atoms. The number of urea groups is 1. The van der Waals surface area contributed by atoms with Crippen LogP contribution in [0.25, 0.3) is 0 Å². The zero-order valence-corrected chi connectivity index (χ0v) is 13.2. The van der Waals surface area contributed by atoms with Gasteiger partial charge in [0.15, 0.2) is 0 Å². The Morgan fingerprint density at radius 1 is 1.13 bits per heavy atom. The molecule has 23 heavy (non-hydrogen) atoms. The van der Waals surface area contributed by atoms with Crippen LogP contribution in [0.2, 0.25) is 0 Å². The lowest BCUT2D eigenvalue weighted by Crippen LogP contribution is -2.45. The van der Waals surface area contributed by atoms with Crippen LogP contribution in [0.4, 0.5) is 4.79 Å². The van der Waals surface area contributed by atoms with Gasteiger partial charge < -0.3 is 14.7 Å². The summed E-state index contributed by atoms with van der Waals surface area (Å²) in [5.41, 5.74) is 1.10. The van der Waals surface area contributed by atoms with E-state index in [4.69, 9.17) is 0 Å². The minimum Gasteiger partial charge on any atom is -0.333 e. The minimum absolute atomic E-state index is 0.0532. The molecule has 4 heterocycles. The monoisotopic (exact) mass is 314 g/mol. The fourth-order valence-electron chi connectivity index (χ4n) is 4.15. The zero-order valence-electron chi connectivity index (χ0n) is 13.2. The maximum Gasteiger partial charge on any atom is 0.320 e. The van der Waals surface area contributed by atoms with E-state index in [0.717, 1.165) is 44.5 Å². The van der Waals surface area contributed by atoms with Gasteiger partial charge in [0.25, 0.3) is 0 Å². The first-order valence-electron chi connectivity index (χ1n) is 8.48. The van der Waals surface area contributed by atoms with Crippen LogP contribution >= 0.6 is 0 Å². The number of hydrogen-bond donors (Lipinski definition) is 0. The molecule has 0 spiro atoms. The molecular weight excluding hydrogens is 292 g/mol. The van der Waals surface area contributed by atoms with Crippen molar-refractivity contribution in [1.29, 1.82) is 0 Å². The van der Waals surface area contributed by atoms with Crippen molar-refractivity contribution in [3.63, 3.8) is 0 Å². The highest BCUT2D eigenvalue weighted by molar-refractivity contribution is 5.83. The van der Waals surface area contributed by atoms with Crippen LogP contribution in [0.3, 0.4) is 0 Å². The Kier molecular flexibility index (Phi) is 3.67. The molecule has 3 saturated heterocycles. The van der Waals surface area contributed by atoms with Crippen molar-refractivity contribution < 1.29 is 9.59 Å². The van der Waals surface area contributed by atoms with Gasteiger partial charge in [-0.2, -0.15) is 0 Å². The molecule has 0 saturated carbocycles. The summed E-state index contributed by atoms with van der Waals surface area (Å²) >= 11 is 0. The van der Waals surface area contributed by atoms with Crippen LogP contribution in [-0.4, -0.2) is 63.3 Å². The minimum atomic E-state index is 0.0532. The van der Waals surface area contributed by atoms with Gasteiger partial charge in [-0.25, -0.2) is 4.79 Å². The van der Waals surface area contributed by atoms with Crippen LogP contribution in [-0.2, 0) is 11.3 Å². The number of nitrogens with zero attached hydrogens (tertiary/aromatic N) is 4. The van der Waals surface area contributed by atoms with Gasteiger partial charge in [0, 0.05) is 45.0 Å². The molecule has 3 fully saturated rings. The Morgan fingerprint density at radius 3 is 2.61 bits per heavy atom. The summed E-state index contributed by atoms with van der Waals surface area (Å²) in [6.45, 7) is 3.11. The highest BCUT2D eigenvalue weighted by Gasteiger charge is 2.49. The van der Waals surface area contributed by atoms with Crippen molar-refractivity contribution >= 4 is 11.9 Å². The second-order valence-corrected chi connectivity index (χ2v) is 6.67. The summed E-state index contributed by atoms with van der Waals surface area (Å²) in [7, 11) is 0. The molecule has 1 aromatic heterocycles. The van der Waals surface area contributed by atoms with Gasteiger partial charge in [-0.3, -0.25) is 9.78 Å². The predicted molar refractivity (Wildman–Crippen MR) is 84.5 cm³/mol. The second-order valence-electron chi connectivity index (χ2n) is 6.67. The maximum atomic E-state index is 12.7. The van der Waals surface area contributed by atoms with Crippen LogP contribution in [0.1, 0.15) is 31.2 Å². The molecule has 0 radical (unpaired) electrons. The number of aromatic nitrogens is 1. The van der Waals surface area contributed by atoms with Gasteiger partial charge in [0.05, 0.1) is 12.1 Å². The van der Waals surface area contributed by atoms with Crippen molar-refractivity contribution in [2.24, 2.45) is 0 Å². The first-order chi connectivity index (χ1) is 11.2. The van der Waals surface area contributed by atoms with E-state index in [1.54, 1.807) is 12.4 Å². The second kappa shape index (κ2) is 5.83. The molecular formula is C17H22N4O2. The fraction of sp³-hybridized carbons (Fsp3) is 0.588. The van der Waals surface area contributed by atoms with E-state index in [-0.39, 0.29) is 24.0 Å². The SMILES string of the molecule is O=C(N1CCCC1)N1CC[C@H]2[C@H]1CC(=O)N2Cc1ccncc1. The lowest BCUT2D eigenvalue weighted by atomic mass is 10.1. The number of fused-ring (bicyclic) bond motifs is 1. The summed E-state index contributed by atoms with van der Waals surface area (Å²) < 4.78 is 0. The van der Waals surface area contributed by atoms with Gasteiger partial charge in [-0.1, -0.05) is 0 Å². The summed E-state index contributed by atoms with van der Waals surface area (Å²) in [6, 6.07) is 4.25. The molecule has 2 atom stereocenters. The van der Waals surface area contributed by atoms with E-state index in [0.29, 0.717) is 13.0 Å². The predicted octanol–water partition coefficient (Wildman–Crippen LogP) is 1.47. The topological polar surface area (TPSA) is 56.8 Å². The third kappa shape index (κ3) is 2.56. The molecule has 1 aromatic rings. The molecule has 0 N–H and O–H groups in total. The molecule has 122 valence electrons. The average molecular weight is 314 g/mol. The summed E-state index contributed by atoms with van der Waals surface area (Å²) in [6.07, 6.45) is 7.06. The standard InChI is InChI=1S/C17H22N4O2/c22-16-11-15-14(21(16)12-13-3-6-18-7-4-13)5-10-20(15)17(23)19-8-1-2-9-19/h3-4,6-7,14-15H,1-2,5,8-12H2/t14-,15+/m0/s1. The Morgan fingerprint density at radius 2 is 1.87 bits per heavy atom. The number of hydrogen-bond acceptors (Lipinski definition) is 3. The van der Waals surface area contributed by atoms with Crippen LogP contribution in [0, 0.1) is 0 Å². The van der Waals surface area contributed by atoms with Crippen LogP contribution in [0.5, 0.6) is 0 Å². The molecule has 0 aliphatic carbocycles. The van der Waals surface area contributed by atoms with Gasteiger partial charge in [0.1, 0.15) is 0 Å². The number of carbonyl (C=O) groups is 2. The molecule has 3 aliphatic rings. The number of rotatable bonds is 2. The third-order valence-corrected chi connectivity index (χ3v) is 5.34. The Balaban J connectivity index is 1.47. The number of carbonyl (C=O) groups excluding carboxylic acids is 2. The Hall–Kier alpha value is -2.11. The third-order valence-electron chi connectivity index (χ3n) is 5.34. The zero-order chi connectivity index (χ0) is 15.8. The molecule has 3 aliphatic heterocycles. The van der Waals surface area contributed by atoms with E-state index in [2.05, 4.69) is 4.98 Å². The average Bonchev–Trinajstić information content (AvgIpc) is 3.27. The van der Waals surface area contributed by atoms with Crippen molar-refractivity contribution in [1.82, 2.24) is 19.7 Å². The largest absolute Gasteiger partial charge is 0.333 e. The van der Waals surface area contributed by atoms with Crippen molar-refractivity contribution in [2.75, 3.05) is 19.6 Å². The summed E-state index contributed by atoms with van der Waals surface area (Å²) in [5.74, 6) is 0.163. The number of amides is 3. The number of pyridine rings is 1. The lowest BCUT2D eigenvalue weighted by Gasteiger charge is -2.28. The van der Waals surface area contributed by atoms with Gasteiger partial charge >= 0.3 is 6.03 Å². The van der Waals surface area contributed by atoms with Gasteiger partial charge in [-0.15, -0.1) is 0 Å². The first kappa shape index (κ1) is 14.5. The smallest absolute Gasteiger partial charge is 0.320 e. The van der Waals surface area contributed by atoms with E-state index in [1.165, 1.54) is 0 Å². The first-order valence-corrected chi connectivity index (χ1v) is 8.48. The molecule has 6 nitrogen and oxygen atoms in total. The highest BCUT2D eigenvalue weighted by atomic mass is 16.2. The normalized spacial score (nSPS) is 27.0. The maximum absolute atomic E-state index is 12.7. The molecule has 6 heteroatoms. The summed E-state index contributed by atoms with van der Waals surface area (Å²) in [4.78, 5) is 35.0. The van der Waals surface area contributed by atoms with E-state index in [9.17, 15) is 9.59 Å². The van der Waals surface area contributed by atoms with E-state index >= 15 is 0 Å². The van der Waals surface area contributed by atoms with Gasteiger partial charge in [0.2, 0.25) is 5.91 Å². The molecule has 0 unspecified atom stereocenters. The van der Waals surface area contributed by atoms with Gasteiger partial charge in [-0.05, 0) is 37.0 Å². The van der Waals surface area contributed by atoms with E-state index < -0.39 is 0 Å². The fourth-order valence-corrected chi connectivity index (χ4v) is 4.15. The Labute approximate surface area is 136 Å². The van der Waals surface area contributed by atoms with Crippen molar-refractivity contribution in [2.45, 2.75) is 44.3 Å². The van der Waals surface area contributed by atoms with Crippen LogP contribution in [0.15, 0.2) is 24.5 Å². The summed E-state index contributed by atoms with van der Waals surface area (Å²) in [5, 5.41) is 0. The lowest BCUT2D eigenvalue weighted by molar-refractivity contribution is -0.129. The molecule has 3 amide bonds. The highest BCUT2D eigenvalue weighted by Crippen LogP contribution is 2.34. The Bertz CT molecular complexity index is 600. The molecule has 4 rings (SSSR count). The van der Waals surface area contributed by atoms with Crippen molar-refractivity contribution in [3.05, 3.63) is 30.1 Å². The quantitative estimate of drug-likeness (QED) is 0.831. The van der Waals surface area contributed by atoms with Crippen LogP contribution < -0.4 is 0 Å².